The number of rotatable bonds is 8. The molecule has 1 saturated heterocycles. The number of aryl methyl sites for hydroxylation is 1. The van der Waals surface area contributed by atoms with Gasteiger partial charge in [0.25, 0.3) is 5.56 Å². The van der Waals surface area contributed by atoms with Gasteiger partial charge in [-0.05, 0) is 30.5 Å². The number of nitrogens with zero attached hydrogens (tertiary/aromatic N) is 3. The normalized spacial score (nSPS) is 18.8. The molecule has 1 aromatic heterocycles. The highest BCUT2D eigenvalue weighted by atomic mass is 16.6. The van der Waals surface area contributed by atoms with Crippen LogP contribution in [0.2, 0.25) is 0 Å². The molecule has 0 saturated carbocycles. The van der Waals surface area contributed by atoms with E-state index in [4.69, 9.17) is 18.9 Å². The molecule has 2 aromatic rings. The molecular weight excluding hydrogens is 480 g/mol. The summed E-state index contributed by atoms with van der Waals surface area (Å²) in [5, 5.41) is 2.77. The van der Waals surface area contributed by atoms with Crippen LogP contribution in [0.3, 0.4) is 0 Å². The van der Waals surface area contributed by atoms with Crippen molar-refractivity contribution in [3.63, 3.8) is 0 Å². The van der Waals surface area contributed by atoms with E-state index in [0.717, 1.165) is 18.4 Å². The van der Waals surface area contributed by atoms with Gasteiger partial charge >= 0.3 is 6.09 Å². The Morgan fingerprint density at radius 2 is 2.16 bits per heavy atom. The van der Waals surface area contributed by atoms with Gasteiger partial charge in [0.05, 0.1) is 37.4 Å². The first-order chi connectivity index (χ1) is 18.0. The molecule has 2 aliphatic heterocycles. The van der Waals surface area contributed by atoms with Gasteiger partial charge in [0, 0.05) is 19.0 Å². The van der Waals surface area contributed by atoms with Gasteiger partial charge in [-0.2, -0.15) is 0 Å². The van der Waals surface area contributed by atoms with Gasteiger partial charge in [0.2, 0.25) is 11.8 Å². The Kier molecular flexibility index (Phi) is 6.93. The number of allylic oxidation sites excluding steroid dienone is 4. The number of cyclic esters (lactones) is 1. The lowest BCUT2D eigenvalue weighted by Crippen LogP contribution is -2.35. The molecule has 0 radical (unpaired) electrons. The molecule has 0 bridgehead atoms. The maximum Gasteiger partial charge on any atom is 0.417 e. The molecule has 192 valence electrons. The maximum atomic E-state index is 12.5. The predicted octanol–water partition coefficient (Wildman–Crippen LogP) is 2.70. The van der Waals surface area contributed by atoms with Crippen molar-refractivity contribution < 1.29 is 28.5 Å². The number of hydrogen-bond donors (Lipinski definition) is 1. The van der Waals surface area contributed by atoms with Crippen LogP contribution in [-0.2, 0) is 25.5 Å². The summed E-state index contributed by atoms with van der Waals surface area (Å²) < 4.78 is 23.4. The Hall–Kier alpha value is -4.54. The average molecular weight is 507 g/mol. The molecule has 2 amide bonds. The quantitative estimate of drug-likeness (QED) is 0.580. The van der Waals surface area contributed by atoms with Crippen LogP contribution < -0.4 is 15.6 Å². The van der Waals surface area contributed by atoms with E-state index in [1.54, 1.807) is 18.2 Å². The van der Waals surface area contributed by atoms with Gasteiger partial charge in [-0.1, -0.05) is 18.2 Å². The largest absolute Gasteiger partial charge is 0.497 e. The zero-order chi connectivity index (χ0) is 25.8. The number of ether oxygens (including phenoxy) is 4. The van der Waals surface area contributed by atoms with Crippen LogP contribution in [0.4, 0.5) is 4.79 Å². The molecule has 1 atom stereocenters. The lowest BCUT2D eigenvalue weighted by Gasteiger charge is -2.23. The zero-order valence-electron chi connectivity index (χ0n) is 20.2. The summed E-state index contributed by atoms with van der Waals surface area (Å²) in [5.74, 6) is 1.07. The summed E-state index contributed by atoms with van der Waals surface area (Å²) in [6, 6.07) is 5.22. The molecule has 3 aliphatic rings. The highest BCUT2D eigenvalue weighted by Crippen LogP contribution is 2.29. The number of benzene rings is 1. The van der Waals surface area contributed by atoms with Crippen LogP contribution in [0.1, 0.15) is 19.3 Å². The number of fused-ring (bicyclic) bond motifs is 1. The molecule has 0 unspecified atom stereocenters. The molecule has 1 fully saturated rings. The van der Waals surface area contributed by atoms with E-state index in [2.05, 4.69) is 16.4 Å². The average Bonchev–Trinajstić information content (AvgIpc) is 3.32. The van der Waals surface area contributed by atoms with Crippen LogP contribution in [0.15, 0.2) is 77.2 Å². The molecule has 1 aliphatic carbocycles. The lowest BCUT2D eigenvalue weighted by atomic mass is 10.0. The Morgan fingerprint density at radius 3 is 2.97 bits per heavy atom. The van der Waals surface area contributed by atoms with Crippen LogP contribution in [0.25, 0.3) is 11.0 Å². The van der Waals surface area contributed by atoms with Crippen molar-refractivity contribution in [3.05, 3.63) is 82.7 Å². The van der Waals surface area contributed by atoms with Crippen LogP contribution in [-0.4, -0.2) is 52.8 Å². The summed E-state index contributed by atoms with van der Waals surface area (Å²) in [4.78, 5) is 42.8. The minimum Gasteiger partial charge on any atom is -0.497 e. The van der Waals surface area contributed by atoms with E-state index in [-0.39, 0.29) is 43.4 Å². The summed E-state index contributed by atoms with van der Waals surface area (Å²) in [5.41, 5.74) is 1.86. The number of hydrogen-bond acceptors (Lipinski definition) is 8. The van der Waals surface area contributed by atoms with Crippen molar-refractivity contribution in [2.75, 3.05) is 20.2 Å². The Morgan fingerprint density at radius 1 is 1.27 bits per heavy atom. The number of carbonyl (C=O) groups is 2. The first kappa shape index (κ1) is 24.2. The molecular formula is C26H26N4O7. The molecule has 5 rings (SSSR count). The van der Waals surface area contributed by atoms with E-state index >= 15 is 0 Å². The lowest BCUT2D eigenvalue weighted by molar-refractivity contribution is -0.121. The number of aromatic nitrogens is 2. The molecule has 1 N–H and O–H groups in total. The monoisotopic (exact) mass is 506 g/mol. The Bertz CT molecular complexity index is 1410. The van der Waals surface area contributed by atoms with E-state index in [1.807, 2.05) is 12.2 Å². The topological polar surface area (TPSA) is 121 Å². The zero-order valence-corrected chi connectivity index (χ0v) is 20.2. The fourth-order valence-electron chi connectivity index (χ4n) is 4.22. The van der Waals surface area contributed by atoms with Gasteiger partial charge in [-0.15, -0.1) is 0 Å². The van der Waals surface area contributed by atoms with Gasteiger partial charge in [-0.3, -0.25) is 9.59 Å². The molecule has 3 heterocycles. The second-order valence-corrected chi connectivity index (χ2v) is 8.61. The fraction of sp³-hybridized carbons (Fsp3) is 0.308. The number of methoxy groups -OCH3 is 1. The van der Waals surface area contributed by atoms with Crippen molar-refractivity contribution in [1.29, 1.82) is 0 Å². The molecule has 1 aromatic carbocycles. The van der Waals surface area contributed by atoms with Crippen LogP contribution >= 0.6 is 0 Å². The van der Waals surface area contributed by atoms with Gasteiger partial charge in [0.1, 0.15) is 18.1 Å². The smallest absolute Gasteiger partial charge is 0.417 e. The number of nitrogens with one attached hydrogen (secondary N) is 1. The first-order valence-electron chi connectivity index (χ1n) is 11.9. The number of amides is 2. The van der Waals surface area contributed by atoms with Gasteiger partial charge < -0.3 is 28.8 Å². The third kappa shape index (κ3) is 5.35. The molecule has 11 heteroatoms. The van der Waals surface area contributed by atoms with Crippen LogP contribution in [0.5, 0.6) is 5.75 Å². The van der Waals surface area contributed by atoms with Crippen molar-refractivity contribution in [2.45, 2.75) is 31.9 Å². The first-order valence-corrected chi connectivity index (χ1v) is 11.9. The maximum absolute atomic E-state index is 12.5. The second-order valence-electron chi connectivity index (χ2n) is 8.61. The molecule has 0 spiro atoms. The van der Waals surface area contributed by atoms with Crippen molar-refractivity contribution in [1.82, 2.24) is 19.8 Å². The Balaban J connectivity index is 1.14. The molecule has 11 nitrogen and oxygen atoms in total. The second kappa shape index (κ2) is 10.6. The summed E-state index contributed by atoms with van der Waals surface area (Å²) in [7, 11) is 1.54. The minimum atomic E-state index is -0.586. The third-order valence-electron chi connectivity index (χ3n) is 6.17. The van der Waals surface area contributed by atoms with E-state index in [0.29, 0.717) is 22.5 Å². The van der Waals surface area contributed by atoms with Crippen molar-refractivity contribution in [3.8, 4) is 5.75 Å². The fourth-order valence-corrected chi connectivity index (χ4v) is 4.22. The highest BCUT2D eigenvalue weighted by Gasteiger charge is 2.36. The number of carbonyl (C=O) groups excluding carboxylic acids is 2. The highest BCUT2D eigenvalue weighted by molar-refractivity contribution is 5.78. The van der Waals surface area contributed by atoms with Crippen molar-refractivity contribution >= 4 is 23.0 Å². The van der Waals surface area contributed by atoms with E-state index in [9.17, 15) is 14.4 Å². The molecule has 37 heavy (non-hydrogen) atoms. The predicted molar refractivity (Wildman–Crippen MR) is 132 cm³/mol. The summed E-state index contributed by atoms with van der Waals surface area (Å²) in [6.45, 7) is 0.466. The van der Waals surface area contributed by atoms with E-state index in [1.165, 1.54) is 35.3 Å². The van der Waals surface area contributed by atoms with E-state index < -0.39 is 12.2 Å². The Labute approximate surface area is 212 Å². The van der Waals surface area contributed by atoms with Crippen LogP contribution in [0, 0.1) is 0 Å². The van der Waals surface area contributed by atoms with Gasteiger partial charge in [-0.25, -0.2) is 14.7 Å². The summed E-state index contributed by atoms with van der Waals surface area (Å²) >= 11 is 0. The van der Waals surface area contributed by atoms with Gasteiger partial charge in [0.15, 0.2) is 12.0 Å². The standard InChI is InChI=1S/C26H26N4O7/c1-34-18-7-8-20-21(11-18)29(24(32)13-27-20)10-9-23(31)28-12-19-14-30(26(33)36-19)25-16-35-15-22(37-25)17-5-3-2-4-6-17/h2-3,5,7-8,11,13,15-16,19H,4,6,9-10,12,14H2,1H3,(H,28,31)/t19-/m1/s1. The SMILES string of the molecule is COc1ccc2ncc(=O)n(CCC(=O)NC[C@@H]3CN(C4=COC=C(C5=CC=CCC5)O4)C(=O)O3)c2c1. The third-order valence-corrected chi connectivity index (χ3v) is 6.17. The summed E-state index contributed by atoms with van der Waals surface area (Å²) in [6.07, 6.45) is 10.7. The minimum absolute atomic E-state index is 0.0560. The van der Waals surface area contributed by atoms with Crippen molar-refractivity contribution in [2.24, 2.45) is 0 Å².